The van der Waals surface area contributed by atoms with Crippen molar-refractivity contribution >= 4 is 58.3 Å². The molecule has 8 N–H and O–H groups in total. The SMILES string of the molecule is CC(=O)[C@H](CCC(=O)O)NC(=O)O[C@@H](CCCCNC(=O)c1ccc(CNC(=N)N)c([131I])c1)C(=O)O. The Hall–Kier alpha value is -3.43. The Kier molecular flexibility index (Phi) is 13.2. The van der Waals surface area contributed by atoms with Gasteiger partial charge in [-0.2, -0.15) is 0 Å². The van der Waals surface area contributed by atoms with E-state index in [1.807, 2.05) is 0 Å². The van der Waals surface area contributed by atoms with Crippen LogP contribution in [-0.4, -0.2) is 64.6 Å². The van der Waals surface area contributed by atoms with E-state index in [0.29, 0.717) is 24.9 Å². The van der Waals surface area contributed by atoms with E-state index < -0.39 is 36.0 Å². The number of ether oxygens (including phenoxy) is 1. The molecule has 14 heteroatoms. The van der Waals surface area contributed by atoms with Crippen LogP contribution in [0.5, 0.6) is 0 Å². The molecule has 13 nitrogen and oxygen atoms in total. The number of nitrogens with one attached hydrogen (secondary N) is 4. The topological polar surface area (TPSA) is 221 Å². The van der Waals surface area contributed by atoms with Crippen molar-refractivity contribution < 1.29 is 38.9 Å². The molecule has 1 aromatic carbocycles. The van der Waals surface area contributed by atoms with Crippen molar-refractivity contribution in [2.45, 2.75) is 57.7 Å². The molecule has 0 aliphatic heterocycles. The number of halogens is 1. The van der Waals surface area contributed by atoms with Gasteiger partial charge in [0.1, 0.15) is 0 Å². The lowest BCUT2D eigenvalue weighted by Gasteiger charge is -2.18. The second-order valence-corrected chi connectivity index (χ2v) is 8.96. The average molecular weight is 623 g/mol. The maximum atomic E-state index is 12.4. The normalized spacial score (nSPS) is 12.1. The highest BCUT2D eigenvalue weighted by Crippen LogP contribution is 2.15. The molecule has 0 heterocycles. The minimum atomic E-state index is -1.47. The second-order valence-electron chi connectivity index (χ2n) is 7.80. The van der Waals surface area contributed by atoms with E-state index in [1.165, 1.54) is 6.92 Å². The molecule has 0 spiro atoms. The molecule has 1 rings (SSSR count). The van der Waals surface area contributed by atoms with E-state index in [-0.39, 0.29) is 37.7 Å². The fourth-order valence-corrected chi connectivity index (χ4v) is 3.67. The first-order valence-corrected chi connectivity index (χ1v) is 12.0. The Morgan fingerprint density at radius 1 is 1.11 bits per heavy atom. The van der Waals surface area contributed by atoms with E-state index in [4.69, 9.17) is 21.0 Å². The van der Waals surface area contributed by atoms with Crippen LogP contribution in [0, 0.1) is 8.98 Å². The molecule has 0 saturated carbocycles. The highest BCUT2D eigenvalue weighted by molar-refractivity contribution is 14.1. The molecule has 0 aliphatic rings. The predicted octanol–water partition coefficient (Wildman–Crippen LogP) is 1.18. The Morgan fingerprint density at radius 3 is 2.36 bits per heavy atom. The Bertz CT molecular complexity index is 987. The fraction of sp³-hybridized carbons (Fsp3) is 0.455. The first-order chi connectivity index (χ1) is 16.9. The number of rotatable bonds is 15. The van der Waals surface area contributed by atoms with Crippen LogP contribution >= 0.6 is 22.6 Å². The first kappa shape index (κ1) is 30.6. The lowest BCUT2D eigenvalue weighted by molar-refractivity contribution is -0.147. The van der Waals surface area contributed by atoms with Gasteiger partial charge in [-0.05, 0) is 72.9 Å². The summed E-state index contributed by atoms with van der Waals surface area (Å²) in [5.74, 6) is -3.44. The minimum absolute atomic E-state index is 0.0196. The molecular formula is C22H30IN5O8. The number of unbranched alkanes of at least 4 members (excludes halogenated alkanes) is 1. The van der Waals surface area contributed by atoms with Crippen molar-refractivity contribution in [3.63, 3.8) is 0 Å². The molecule has 1 aromatic rings. The summed E-state index contributed by atoms with van der Waals surface area (Å²) in [5.41, 5.74) is 6.59. The summed E-state index contributed by atoms with van der Waals surface area (Å²) >= 11 is 2.08. The van der Waals surface area contributed by atoms with Crippen LogP contribution in [-0.2, 0) is 25.7 Å². The quantitative estimate of drug-likeness (QED) is 0.0640. The van der Waals surface area contributed by atoms with Crippen LogP contribution in [0.3, 0.4) is 0 Å². The Balaban J connectivity index is 2.47. The van der Waals surface area contributed by atoms with Gasteiger partial charge >= 0.3 is 18.0 Å². The van der Waals surface area contributed by atoms with Crippen molar-refractivity contribution in [2.75, 3.05) is 6.54 Å². The number of benzene rings is 1. The summed E-state index contributed by atoms with van der Waals surface area (Å²) in [4.78, 5) is 58.0. The zero-order valence-electron chi connectivity index (χ0n) is 19.6. The van der Waals surface area contributed by atoms with Crippen LogP contribution < -0.4 is 21.7 Å². The van der Waals surface area contributed by atoms with Gasteiger partial charge in [-0.15, -0.1) is 0 Å². The number of carbonyl (C=O) groups excluding carboxylic acids is 3. The van der Waals surface area contributed by atoms with Gasteiger partial charge in [-0.3, -0.25) is 19.8 Å². The number of carbonyl (C=O) groups is 5. The summed E-state index contributed by atoms with van der Waals surface area (Å²) in [7, 11) is 0. The van der Waals surface area contributed by atoms with Gasteiger partial charge in [0, 0.05) is 28.6 Å². The summed E-state index contributed by atoms with van der Waals surface area (Å²) < 4.78 is 5.71. The van der Waals surface area contributed by atoms with Crippen molar-refractivity contribution in [3.05, 3.63) is 32.9 Å². The van der Waals surface area contributed by atoms with Crippen LogP contribution in [0.25, 0.3) is 0 Å². The Labute approximate surface area is 221 Å². The molecule has 0 fully saturated rings. The van der Waals surface area contributed by atoms with Gasteiger partial charge in [0.05, 0.1) is 6.04 Å². The summed E-state index contributed by atoms with van der Waals surface area (Å²) in [5, 5.41) is 32.9. The van der Waals surface area contributed by atoms with Gasteiger partial charge in [-0.25, -0.2) is 9.59 Å². The Morgan fingerprint density at radius 2 is 1.81 bits per heavy atom. The largest absolute Gasteiger partial charge is 0.481 e. The van der Waals surface area contributed by atoms with Crippen molar-refractivity contribution in [1.29, 1.82) is 5.41 Å². The molecule has 0 aromatic heterocycles. The summed E-state index contributed by atoms with van der Waals surface area (Å²) in [6.07, 6.45) is -2.36. The number of aliphatic carboxylic acids is 2. The van der Waals surface area contributed by atoms with Crippen molar-refractivity contribution in [2.24, 2.45) is 5.73 Å². The number of ketones is 1. The smallest absolute Gasteiger partial charge is 0.408 e. The summed E-state index contributed by atoms with van der Waals surface area (Å²) in [6.45, 7) is 1.80. The lowest BCUT2D eigenvalue weighted by atomic mass is 10.1. The van der Waals surface area contributed by atoms with E-state index in [0.717, 1.165) is 9.13 Å². The van der Waals surface area contributed by atoms with Crippen LogP contribution in [0.1, 0.15) is 54.9 Å². The average Bonchev–Trinajstić information content (AvgIpc) is 2.79. The maximum Gasteiger partial charge on any atom is 0.408 e. The highest BCUT2D eigenvalue weighted by Gasteiger charge is 2.25. The lowest BCUT2D eigenvalue weighted by Crippen LogP contribution is -2.42. The van der Waals surface area contributed by atoms with Crippen molar-refractivity contribution in [3.8, 4) is 0 Å². The fourth-order valence-electron chi connectivity index (χ4n) is 2.96. The van der Waals surface area contributed by atoms with Gasteiger partial charge in [-0.1, -0.05) is 6.07 Å². The van der Waals surface area contributed by atoms with E-state index >= 15 is 0 Å². The minimum Gasteiger partial charge on any atom is -0.481 e. The standard InChI is InChI=1S/C22H30IN5O8/c1-12(29)16(7-8-18(30)31)28-22(35)36-17(20(33)34)4-2-3-9-26-19(32)13-5-6-14(15(23)10-13)11-27-21(24)25/h5-6,10,16-17H,2-4,7-9,11H2,1H3,(H,26,32)(H,28,35)(H,30,31)(H,33,34)(H4,24,25,27)/t16-,17-/m0/s1/i23+4. The third kappa shape index (κ3) is 11.8. The number of amides is 2. The molecular weight excluding hydrogens is 593 g/mol. The zero-order valence-corrected chi connectivity index (χ0v) is 21.8. The van der Waals surface area contributed by atoms with Gasteiger partial charge in [0.25, 0.3) is 5.91 Å². The van der Waals surface area contributed by atoms with Gasteiger partial charge in [0.15, 0.2) is 11.7 Å². The molecule has 36 heavy (non-hydrogen) atoms. The van der Waals surface area contributed by atoms with Gasteiger partial charge in [0.2, 0.25) is 6.10 Å². The number of nitrogens with two attached hydrogens (primary N) is 1. The van der Waals surface area contributed by atoms with E-state index in [2.05, 4.69) is 38.5 Å². The molecule has 0 unspecified atom stereocenters. The summed E-state index contributed by atoms with van der Waals surface area (Å²) in [6, 6.07) is 4.00. The third-order valence-electron chi connectivity index (χ3n) is 4.92. The molecule has 0 saturated heterocycles. The monoisotopic (exact) mass is 623 g/mol. The number of hydrogen-bond acceptors (Lipinski definition) is 7. The second kappa shape index (κ2) is 15.5. The first-order valence-electron chi connectivity index (χ1n) is 11.0. The maximum absolute atomic E-state index is 12.4. The molecule has 0 bridgehead atoms. The van der Waals surface area contributed by atoms with Crippen LogP contribution in [0.15, 0.2) is 18.2 Å². The van der Waals surface area contributed by atoms with Crippen LogP contribution in [0.4, 0.5) is 4.79 Å². The van der Waals surface area contributed by atoms with E-state index in [9.17, 15) is 29.1 Å². The molecule has 2 amide bonds. The van der Waals surface area contributed by atoms with Gasteiger partial charge < -0.3 is 36.6 Å². The number of Topliss-reactive ketones (excluding diaryl/α,β-unsaturated/α-hetero) is 1. The molecule has 2 atom stereocenters. The molecule has 0 radical (unpaired) electrons. The third-order valence-corrected chi connectivity index (χ3v) is 5.92. The van der Waals surface area contributed by atoms with Crippen LogP contribution in [0.2, 0.25) is 0 Å². The zero-order chi connectivity index (χ0) is 27.3. The number of carboxylic acids is 2. The van der Waals surface area contributed by atoms with E-state index in [1.54, 1.807) is 18.2 Å². The number of guanidine groups is 1. The van der Waals surface area contributed by atoms with Crippen molar-refractivity contribution in [1.82, 2.24) is 16.0 Å². The molecule has 0 aliphatic carbocycles. The predicted molar refractivity (Wildman–Crippen MR) is 136 cm³/mol. The highest BCUT2D eigenvalue weighted by atomic mass is 131. The number of hydrogen-bond donors (Lipinski definition) is 7. The number of alkyl carbamates (subject to hydrolysis) is 1. The number of carboxylic acid groups (broad SMARTS) is 2. The molecule has 198 valence electrons.